The van der Waals surface area contributed by atoms with Crippen molar-refractivity contribution in [2.45, 2.75) is 38.7 Å². The lowest BCUT2D eigenvalue weighted by atomic mass is 9.81. The summed E-state index contributed by atoms with van der Waals surface area (Å²) in [6, 6.07) is 0. The highest BCUT2D eigenvalue weighted by molar-refractivity contribution is 5.84. The van der Waals surface area contributed by atoms with Crippen LogP contribution in [0.3, 0.4) is 0 Å². The van der Waals surface area contributed by atoms with Gasteiger partial charge in [0.1, 0.15) is 0 Å². The molecule has 0 amide bonds. The molecule has 0 saturated carbocycles. The second kappa shape index (κ2) is 4.95. The van der Waals surface area contributed by atoms with Gasteiger partial charge in [-0.3, -0.25) is 4.79 Å². The highest BCUT2D eigenvalue weighted by Gasteiger charge is 2.44. The number of hydrogen-bond acceptors (Lipinski definition) is 3. The molecule has 0 aromatic carbocycles. The Morgan fingerprint density at radius 2 is 1.64 bits per heavy atom. The van der Waals surface area contributed by atoms with Gasteiger partial charge in [0.2, 0.25) is 0 Å². The fourth-order valence-corrected chi connectivity index (χ4v) is 1.59. The molecule has 0 aromatic heterocycles. The zero-order valence-corrected chi connectivity index (χ0v) is 8.36. The lowest BCUT2D eigenvalue weighted by Crippen LogP contribution is -2.47. The van der Waals surface area contributed by atoms with Crippen LogP contribution in [0.4, 0.5) is 0 Å². The molecule has 0 aliphatic heterocycles. The van der Waals surface area contributed by atoms with Gasteiger partial charge in [-0.1, -0.05) is 13.8 Å². The molecule has 1 unspecified atom stereocenters. The minimum Gasteiger partial charge on any atom is -0.481 e. The summed E-state index contributed by atoms with van der Waals surface area (Å²) in [7, 11) is 0. The Morgan fingerprint density at radius 1 is 1.21 bits per heavy atom. The van der Waals surface area contributed by atoms with E-state index in [9.17, 15) is 14.7 Å². The highest BCUT2D eigenvalue weighted by atomic mass is 16.4. The summed E-state index contributed by atoms with van der Waals surface area (Å²) in [6.45, 7) is 3.45. The molecule has 0 heterocycles. The van der Waals surface area contributed by atoms with Gasteiger partial charge in [0, 0.05) is 0 Å². The number of carboxylic acids is 2. The molecule has 5 heteroatoms. The van der Waals surface area contributed by atoms with Gasteiger partial charge < -0.3 is 15.3 Å². The van der Waals surface area contributed by atoms with Gasteiger partial charge in [-0.15, -0.1) is 0 Å². The van der Waals surface area contributed by atoms with Gasteiger partial charge in [-0.2, -0.15) is 0 Å². The quantitative estimate of drug-likeness (QED) is 0.592. The van der Waals surface area contributed by atoms with E-state index < -0.39 is 29.9 Å². The standard InChI is InChI=1S/C9H16O5/c1-3-6(4-2)9(14,8(12)13)5-7(10)11/h6,14H,3-5H2,1-2H3,(H,10,11)(H,12,13). The number of carbonyl (C=O) groups is 2. The van der Waals surface area contributed by atoms with Crippen LogP contribution in [0.15, 0.2) is 0 Å². The first-order valence-electron chi connectivity index (χ1n) is 4.56. The number of aliphatic carboxylic acids is 2. The Bertz CT molecular complexity index is 221. The second-order valence-electron chi connectivity index (χ2n) is 3.31. The van der Waals surface area contributed by atoms with Crippen LogP contribution in [0.2, 0.25) is 0 Å². The molecule has 0 bridgehead atoms. The van der Waals surface area contributed by atoms with Crippen LogP contribution in [0.1, 0.15) is 33.1 Å². The maximum atomic E-state index is 10.8. The van der Waals surface area contributed by atoms with Gasteiger partial charge >= 0.3 is 11.9 Å². The zero-order chi connectivity index (χ0) is 11.4. The summed E-state index contributed by atoms with van der Waals surface area (Å²) in [5.41, 5.74) is -2.14. The average molecular weight is 204 g/mol. The largest absolute Gasteiger partial charge is 0.481 e. The minimum atomic E-state index is -2.14. The monoisotopic (exact) mass is 204 g/mol. The van der Waals surface area contributed by atoms with E-state index in [1.165, 1.54) is 0 Å². The smallest absolute Gasteiger partial charge is 0.336 e. The lowest BCUT2D eigenvalue weighted by molar-refractivity contribution is -0.172. The predicted molar refractivity (Wildman–Crippen MR) is 48.9 cm³/mol. The Morgan fingerprint density at radius 3 is 1.86 bits per heavy atom. The van der Waals surface area contributed by atoms with Gasteiger partial charge in [-0.05, 0) is 18.8 Å². The Kier molecular flexibility index (Phi) is 4.56. The Labute approximate surface area is 82.4 Å². The highest BCUT2D eigenvalue weighted by Crippen LogP contribution is 2.27. The third kappa shape index (κ3) is 2.70. The summed E-state index contributed by atoms with van der Waals surface area (Å²) in [5, 5.41) is 27.1. The molecule has 0 saturated heterocycles. The van der Waals surface area contributed by atoms with Crippen LogP contribution in [0.25, 0.3) is 0 Å². The van der Waals surface area contributed by atoms with Crippen molar-refractivity contribution in [3.05, 3.63) is 0 Å². The maximum Gasteiger partial charge on any atom is 0.336 e. The van der Waals surface area contributed by atoms with Crippen LogP contribution >= 0.6 is 0 Å². The molecule has 82 valence electrons. The van der Waals surface area contributed by atoms with Crippen LogP contribution < -0.4 is 0 Å². The maximum absolute atomic E-state index is 10.8. The van der Waals surface area contributed by atoms with E-state index >= 15 is 0 Å². The van der Waals surface area contributed by atoms with Crippen molar-refractivity contribution >= 4 is 11.9 Å². The number of hydrogen-bond donors (Lipinski definition) is 3. The van der Waals surface area contributed by atoms with E-state index in [1.54, 1.807) is 13.8 Å². The van der Waals surface area contributed by atoms with Crippen molar-refractivity contribution < 1.29 is 24.9 Å². The van der Waals surface area contributed by atoms with Crippen molar-refractivity contribution in [2.24, 2.45) is 5.92 Å². The van der Waals surface area contributed by atoms with Gasteiger partial charge in [0.25, 0.3) is 0 Å². The summed E-state index contributed by atoms with van der Waals surface area (Å²) >= 11 is 0. The van der Waals surface area contributed by atoms with Crippen molar-refractivity contribution in [3.63, 3.8) is 0 Å². The average Bonchev–Trinajstić information content (AvgIpc) is 2.04. The van der Waals surface area contributed by atoms with Gasteiger partial charge in [0.15, 0.2) is 5.60 Å². The summed E-state index contributed by atoms with van der Waals surface area (Å²) in [5.74, 6) is -3.30. The van der Waals surface area contributed by atoms with Crippen LogP contribution in [0, 0.1) is 5.92 Å². The molecular weight excluding hydrogens is 188 g/mol. The van der Waals surface area contributed by atoms with E-state index in [0.29, 0.717) is 12.8 Å². The van der Waals surface area contributed by atoms with E-state index in [0.717, 1.165) is 0 Å². The van der Waals surface area contributed by atoms with Crippen molar-refractivity contribution in [1.29, 1.82) is 0 Å². The predicted octanol–water partition coefficient (Wildman–Crippen LogP) is 0.713. The molecular formula is C9H16O5. The third-order valence-electron chi connectivity index (χ3n) is 2.45. The molecule has 14 heavy (non-hydrogen) atoms. The van der Waals surface area contributed by atoms with Gasteiger partial charge in [-0.25, -0.2) is 4.79 Å². The van der Waals surface area contributed by atoms with Crippen LogP contribution in [-0.2, 0) is 9.59 Å². The first kappa shape index (κ1) is 12.9. The second-order valence-corrected chi connectivity index (χ2v) is 3.31. The summed E-state index contributed by atoms with van der Waals surface area (Å²) in [4.78, 5) is 21.2. The van der Waals surface area contributed by atoms with Crippen molar-refractivity contribution in [3.8, 4) is 0 Å². The molecule has 0 spiro atoms. The molecule has 1 atom stereocenters. The first-order chi connectivity index (χ1) is 6.38. The topological polar surface area (TPSA) is 94.8 Å². The van der Waals surface area contributed by atoms with E-state index in [2.05, 4.69) is 0 Å². The minimum absolute atomic E-state index is 0.437. The van der Waals surface area contributed by atoms with Crippen molar-refractivity contribution in [2.75, 3.05) is 0 Å². The Hall–Kier alpha value is -1.10. The number of rotatable bonds is 6. The van der Waals surface area contributed by atoms with E-state index in [4.69, 9.17) is 10.2 Å². The molecule has 5 nitrogen and oxygen atoms in total. The molecule has 0 fully saturated rings. The molecule has 0 rings (SSSR count). The summed E-state index contributed by atoms with van der Waals surface area (Å²) < 4.78 is 0. The SMILES string of the molecule is CCC(CC)C(O)(CC(=O)O)C(=O)O. The molecule has 3 N–H and O–H groups in total. The number of aliphatic hydroxyl groups is 1. The van der Waals surface area contributed by atoms with Gasteiger partial charge in [0.05, 0.1) is 6.42 Å². The zero-order valence-electron chi connectivity index (χ0n) is 8.36. The van der Waals surface area contributed by atoms with Crippen LogP contribution in [0.5, 0.6) is 0 Å². The fraction of sp³-hybridized carbons (Fsp3) is 0.778. The molecule has 0 radical (unpaired) electrons. The molecule has 0 aromatic rings. The number of carboxylic acid groups (broad SMARTS) is 2. The molecule has 0 aliphatic carbocycles. The first-order valence-corrected chi connectivity index (χ1v) is 4.56. The molecule has 0 aliphatic rings. The van der Waals surface area contributed by atoms with Crippen LogP contribution in [-0.4, -0.2) is 32.9 Å². The fourth-order valence-electron chi connectivity index (χ4n) is 1.59. The Balaban J connectivity index is 4.86. The normalized spacial score (nSPS) is 15.1. The third-order valence-corrected chi connectivity index (χ3v) is 2.45. The van der Waals surface area contributed by atoms with E-state index in [-0.39, 0.29) is 0 Å². The summed E-state index contributed by atoms with van der Waals surface area (Å²) in [6.07, 6.45) is 0.119. The van der Waals surface area contributed by atoms with Crippen molar-refractivity contribution in [1.82, 2.24) is 0 Å². The lowest BCUT2D eigenvalue weighted by Gasteiger charge is -2.29. The van der Waals surface area contributed by atoms with E-state index in [1.807, 2.05) is 0 Å².